The minimum Gasteiger partial charge on any atom is -0.481 e. The summed E-state index contributed by atoms with van der Waals surface area (Å²) < 4.78 is 0.764. The van der Waals surface area contributed by atoms with Crippen LogP contribution in [0.1, 0.15) is 41.6 Å². The average Bonchev–Trinajstić information content (AvgIpc) is 2.31. The van der Waals surface area contributed by atoms with Gasteiger partial charge in [-0.2, -0.15) is 0 Å². The Morgan fingerprint density at radius 3 is 2.55 bits per heavy atom. The third-order valence-corrected chi connectivity index (χ3v) is 5.23. The van der Waals surface area contributed by atoms with Crippen molar-refractivity contribution in [3.8, 4) is 0 Å². The molecule has 0 heterocycles. The molecule has 0 saturated heterocycles. The maximum absolute atomic E-state index is 12.3. The number of benzene rings is 1. The Balaban J connectivity index is 2.17. The first-order chi connectivity index (χ1) is 9.33. The minimum absolute atomic E-state index is 0.0397. The second-order valence-corrected chi connectivity index (χ2v) is 6.45. The van der Waals surface area contributed by atoms with Gasteiger partial charge in [0.25, 0.3) is 5.91 Å². The summed E-state index contributed by atoms with van der Waals surface area (Å²) in [7, 11) is 0. The van der Waals surface area contributed by atoms with E-state index < -0.39 is 11.5 Å². The predicted molar refractivity (Wildman–Crippen MR) is 80.2 cm³/mol. The summed E-state index contributed by atoms with van der Waals surface area (Å²) in [6.07, 6.45) is 2.30. The van der Waals surface area contributed by atoms with Crippen LogP contribution in [0.25, 0.3) is 0 Å². The molecular formula is C14H15BrClNO3. The summed E-state index contributed by atoms with van der Waals surface area (Å²) in [6.45, 7) is 1.85. The van der Waals surface area contributed by atoms with Crippen LogP contribution in [0, 0.1) is 6.92 Å². The molecule has 1 amide bonds. The number of hydrogen-bond donors (Lipinski definition) is 2. The summed E-state index contributed by atoms with van der Waals surface area (Å²) in [4.78, 5) is 23.2. The van der Waals surface area contributed by atoms with E-state index in [-0.39, 0.29) is 12.3 Å². The molecule has 0 radical (unpaired) electrons. The molecule has 1 aliphatic rings. The molecule has 1 fully saturated rings. The highest BCUT2D eigenvalue weighted by Gasteiger charge is 2.40. The Morgan fingerprint density at radius 2 is 2.10 bits per heavy atom. The lowest BCUT2D eigenvalue weighted by Crippen LogP contribution is -2.54. The smallest absolute Gasteiger partial charge is 0.305 e. The molecule has 0 bridgehead atoms. The van der Waals surface area contributed by atoms with Gasteiger partial charge in [-0.3, -0.25) is 9.59 Å². The number of halogens is 2. The Kier molecular flexibility index (Phi) is 4.39. The maximum atomic E-state index is 12.3. The van der Waals surface area contributed by atoms with Crippen LogP contribution in [0.2, 0.25) is 5.02 Å². The third-order valence-electron chi connectivity index (χ3n) is 3.65. The molecule has 20 heavy (non-hydrogen) atoms. The molecule has 6 heteroatoms. The van der Waals surface area contributed by atoms with Gasteiger partial charge in [0.2, 0.25) is 0 Å². The van der Waals surface area contributed by atoms with Crippen LogP contribution >= 0.6 is 27.5 Å². The first-order valence-corrected chi connectivity index (χ1v) is 7.50. The molecule has 2 N–H and O–H groups in total. The second kappa shape index (κ2) is 5.74. The van der Waals surface area contributed by atoms with Crippen LogP contribution in [-0.2, 0) is 4.79 Å². The molecule has 4 nitrogen and oxygen atoms in total. The number of aliphatic carboxylic acids is 1. The van der Waals surface area contributed by atoms with E-state index in [0.29, 0.717) is 23.4 Å². The normalized spacial score (nSPS) is 16.4. The van der Waals surface area contributed by atoms with E-state index in [1.54, 1.807) is 12.1 Å². The topological polar surface area (TPSA) is 66.4 Å². The molecule has 0 aliphatic heterocycles. The zero-order valence-corrected chi connectivity index (χ0v) is 13.3. The Labute approximate surface area is 130 Å². The highest BCUT2D eigenvalue weighted by molar-refractivity contribution is 9.10. The van der Waals surface area contributed by atoms with Gasteiger partial charge in [-0.15, -0.1) is 0 Å². The van der Waals surface area contributed by atoms with Crippen LogP contribution in [0.4, 0.5) is 0 Å². The molecule has 0 spiro atoms. The molecule has 0 unspecified atom stereocenters. The lowest BCUT2D eigenvalue weighted by Gasteiger charge is -2.41. The quantitative estimate of drug-likeness (QED) is 0.863. The van der Waals surface area contributed by atoms with E-state index in [1.165, 1.54) is 0 Å². The maximum Gasteiger partial charge on any atom is 0.305 e. The van der Waals surface area contributed by atoms with Crippen molar-refractivity contribution in [2.75, 3.05) is 0 Å². The zero-order valence-electron chi connectivity index (χ0n) is 11.0. The van der Waals surface area contributed by atoms with E-state index in [0.717, 1.165) is 16.5 Å². The van der Waals surface area contributed by atoms with Gasteiger partial charge in [0.15, 0.2) is 0 Å². The van der Waals surface area contributed by atoms with Crippen molar-refractivity contribution in [1.29, 1.82) is 0 Å². The van der Waals surface area contributed by atoms with Crippen LogP contribution in [-0.4, -0.2) is 22.5 Å². The summed E-state index contributed by atoms with van der Waals surface area (Å²) in [5, 5.41) is 12.3. The van der Waals surface area contributed by atoms with Crippen LogP contribution < -0.4 is 5.32 Å². The fourth-order valence-corrected chi connectivity index (χ4v) is 2.91. The SMILES string of the molecule is Cc1cc(C(=O)NC2(CC(=O)O)CCC2)cc(Cl)c1Br. The molecular weight excluding hydrogens is 346 g/mol. The van der Waals surface area contributed by atoms with Crippen molar-refractivity contribution < 1.29 is 14.7 Å². The highest BCUT2D eigenvalue weighted by Crippen LogP contribution is 2.35. The number of rotatable bonds is 4. The number of nitrogens with one attached hydrogen (secondary N) is 1. The van der Waals surface area contributed by atoms with Gasteiger partial charge < -0.3 is 10.4 Å². The molecule has 1 aromatic rings. The lowest BCUT2D eigenvalue weighted by molar-refractivity contribution is -0.139. The fraction of sp³-hybridized carbons (Fsp3) is 0.429. The monoisotopic (exact) mass is 359 g/mol. The number of carboxylic acids is 1. The van der Waals surface area contributed by atoms with Crippen LogP contribution in [0.5, 0.6) is 0 Å². The van der Waals surface area contributed by atoms with Gasteiger partial charge in [0, 0.05) is 10.0 Å². The first-order valence-electron chi connectivity index (χ1n) is 6.33. The average molecular weight is 361 g/mol. The van der Waals surface area contributed by atoms with Gasteiger partial charge in [-0.1, -0.05) is 11.6 Å². The van der Waals surface area contributed by atoms with Gasteiger partial charge in [-0.05, 0) is 59.8 Å². The predicted octanol–water partition coefficient (Wildman–Crippen LogP) is 3.54. The van der Waals surface area contributed by atoms with Gasteiger partial charge >= 0.3 is 5.97 Å². The Bertz CT molecular complexity index is 547. The van der Waals surface area contributed by atoms with Crippen molar-refractivity contribution >= 4 is 39.4 Å². The largest absolute Gasteiger partial charge is 0.481 e. The Morgan fingerprint density at radius 1 is 1.45 bits per heavy atom. The molecule has 1 aromatic carbocycles. The van der Waals surface area contributed by atoms with Crippen LogP contribution in [0.15, 0.2) is 16.6 Å². The van der Waals surface area contributed by atoms with Crippen molar-refractivity contribution in [2.45, 2.75) is 38.1 Å². The molecule has 0 aromatic heterocycles. The van der Waals surface area contributed by atoms with Gasteiger partial charge in [-0.25, -0.2) is 0 Å². The van der Waals surface area contributed by atoms with Crippen molar-refractivity contribution in [1.82, 2.24) is 5.32 Å². The first kappa shape index (κ1) is 15.3. The zero-order chi connectivity index (χ0) is 14.9. The standard InChI is InChI=1S/C14H15BrClNO3/c1-8-5-9(6-10(16)12(8)15)13(20)17-14(3-2-4-14)7-11(18)19/h5-6H,2-4,7H2,1H3,(H,17,20)(H,18,19). The van der Waals surface area contributed by atoms with Gasteiger partial charge in [0.1, 0.15) is 0 Å². The number of carbonyl (C=O) groups is 2. The van der Waals surface area contributed by atoms with E-state index in [9.17, 15) is 9.59 Å². The Hall–Kier alpha value is -1.07. The highest BCUT2D eigenvalue weighted by atomic mass is 79.9. The summed E-state index contributed by atoms with van der Waals surface area (Å²) in [5.41, 5.74) is 0.715. The molecule has 108 valence electrons. The summed E-state index contributed by atoms with van der Waals surface area (Å²) >= 11 is 9.39. The molecule has 0 atom stereocenters. The van der Waals surface area contributed by atoms with Crippen molar-refractivity contribution in [3.05, 3.63) is 32.8 Å². The van der Waals surface area contributed by atoms with Crippen molar-refractivity contribution in [3.63, 3.8) is 0 Å². The van der Waals surface area contributed by atoms with Crippen LogP contribution in [0.3, 0.4) is 0 Å². The molecule has 1 saturated carbocycles. The fourth-order valence-electron chi connectivity index (χ4n) is 2.41. The molecule has 2 rings (SSSR count). The number of aryl methyl sites for hydroxylation is 1. The van der Waals surface area contributed by atoms with Crippen molar-refractivity contribution in [2.24, 2.45) is 0 Å². The van der Waals surface area contributed by atoms with E-state index >= 15 is 0 Å². The third kappa shape index (κ3) is 3.15. The van der Waals surface area contributed by atoms with E-state index in [1.807, 2.05) is 6.92 Å². The number of amides is 1. The van der Waals surface area contributed by atoms with E-state index in [2.05, 4.69) is 21.2 Å². The minimum atomic E-state index is -0.894. The lowest BCUT2D eigenvalue weighted by atomic mass is 9.74. The molecule has 1 aliphatic carbocycles. The van der Waals surface area contributed by atoms with E-state index in [4.69, 9.17) is 16.7 Å². The number of hydrogen-bond acceptors (Lipinski definition) is 2. The summed E-state index contributed by atoms with van der Waals surface area (Å²) in [6, 6.07) is 3.32. The number of carbonyl (C=O) groups excluding carboxylic acids is 1. The van der Waals surface area contributed by atoms with Gasteiger partial charge in [0.05, 0.1) is 17.0 Å². The number of carboxylic acid groups (broad SMARTS) is 1. The second-order valence-electron chi connectivity index (χ2n) is 5.25. The summed E-state index contributed by atoms with van der Waals surface area (Å²) in [5.74, 6) is -1.17.